The molecule has 0 aromatic carbocycles. The Morgan fingerprint density at radius 3 is 2.38 bits per heavy atom. The van der Waals surface area contributed by atoms with E-state index in [9.17, 15) is 24.4 Å². The lowest BCUT2D eigenvalue weighted by Crippen LogP contribution is -2.51. The van der Waals surface area contributed by atoms with Crippen molar-refractivity contribution in [3.8, 4) is 0 Å². The van der Waals surface area contributed by atoms with E-state index in [4.69, 9.17) is 0 Å². The molecule has 9 heteroatoms. The molecular formula is C20H34N4O5. The van der Waals surface area contributed by atoms with Gasteiger partial charge < -0.3 is 5.32 Å². The van der Waals surface area contributed by atoms with Gasteiger partial charge in [-0.25, -0.2) is 10.3 Å². The maximum absolute atomic E-state index is 12.9. The molecule has 0 aromatic heterocycles. The highest BCUT2D eigenvalue weighted by Gasteiger charge is 2.37. The number of hydrogen-bond acceptors (Lipinski definition) is 5. The lowest BCUT2D eigenvalue weighted by atomic mass is 9.79. The van der Waals surface area contributed by atoms with Crippen LogP contribution in [0.2, 0.25) is 0 Å². The summed E-state index contributed by atoms with van der Waals surface area (Å²) in [5, 5.41) is 12.2. The van der Waals surface area contributed by atoms with Gasteiger partial charge in [0.15, 0.2) is 0 Å². The molecule has 2 rings (SSSR count). The molecule has 0 aromatic rings. The third-order valence-electron chi connectivity index (χ3n) is 5.91. The number of nitrogens with zero attached hydrogens (tertiary/aromatic N) is 1. The second-order valence-corrected chi connectivity index (χ2v) is 8.62. The first kappa shape index (κ1) is 23.1. The summed E-state index contributed by atoms with van der Waals surface area (Å²) >= 11 is 0. The van der Waals surface area contributed by atoms with Gasteiger partial charge in [-0.3, -0.25) is 25.0 Å². The molecule has 1 saturated heterocycles. The third kappa shape index (κ3) is 6.69. The largest absolute Gasteiger partial charge is 0.343 e. The van der Waals surface area contributed by atoms with Gasteiger partial charge in [0.25, 0.3) is 5.91 Å². The predicted octanol–water partition coefficient (Wildman–Crippen LogP) is 2.10. The standard InChI is InChI=1S/C20H34N4O5/c1-13(2)11-16(18(26)22-24-17(25)12-21-20(24)28)15(19(27)23-29)10-6-9-14-7-4-3-5-8-14/h13-16,29H,3-12H2,1-2H3,(H,21,28)(H,22,26)(H,23,27)/t15-,16+/m0/s1. The van der Waals surface area contributed by atoms with Gasteiger partial charge in [-0.2, -0.15) is 5.01 Å². The van der Waals surface area contributed by atoms with Gasteiger partial charge in [-0.05, 0) is 24.7 Å². The first-order valence-electron chi connectivity index (χ1n) is 10.7. The van der Waals surface area contributed by atoms with Gasteiger partial charge in [-0.15, -0.1) is 0 Å². The molecule has 1 heterocycles. The summed E-state index contributed by atoms with van der Waals surface area (Å²) in [4.78, 5) is 48.8. The topological polar surface area (TPSA) is 128 Å². The van der Waals surface area contributed by atoms with E-state index in [1.807, 2.05) is 13.8 Å². The number of hydrazine groups is 1. The van der Waals surface area contributed by atoms with Crippen LogP contribution in [0.25, 0.3) is 0 Å². The van der Waals surface area contributed by atoms with E-state index in [-0.39, 0.29) is 12.5 Å². The van der Waals surface area contributed by atoms with E-state index in [0.29, 0.717) is 23.8 Å². The Morgan fingerprint density at radius 2 is 1.83 bits per heavy atom. The number of rotatable bonds is 10. The Hall–Kier alpha value is -2.16. The molecular weight excluding hydrogens is 376 g/mol. The summed E-state index contributed by atoms with van der Waals surface area (Å²) in [6, 6.07) is -0.688. The number of amides is 5. The fourth-order valence-corrected chi connectivity index (χ4v) is 4.39. The lowest BCUT2D eigenvalue weighted by molar-refractivity contribution is -0.144. The molecule has 0 spiro atoms. The van der Waals surface area contributed by atoms with Crippen molar-refractivity contribution in [2.45, 2.75) is 71.6 Å². The fourth-order valence-electron chi connectivity index (χ4n) is 4.39. The van der Waals surface area contributed by atoms with Crippen molar-refractivity contribution in [3.05, 3.63) is 0 Å². The van der Waals surface area contributed by atoms with Gasteiger partial charge in [0.05, 0.1) is 11.8 Å². The minimum atomic E-state index is -0.755. The van der Waals surface area contributed by atoms with Crippen molar-refractivity contribution < 1.29 is 24.4 Å². The first-order chi connectivity index (χ1) is 13.8. The number of carbonyl (C=O) groups is 4. The van der Waals surface area contributed by atoms with Crippen molar-refractivity contribution in [2.24, 2.45) is 23.7 Å². The number of carbonyl (C=O) groups excluding carboxylic acids is 4. The Bertz CT molecular complexity index is 588. The molecule has 0 radical (unpaired) electrons. The molecule has 164 valence electrons. The quantitative estimate of drug-likeness (QED) is 0.249. The molecule has 9 nitrogen and oxygen atoms in total. The number of urea groups is 1. The van der Waals surface area contributed by atoms with Gasteiger partial charge >= 0.3 is 6.03 Å². The van der Waals surface area contributed by atoms with Crippen LogP contribution in [0.5, 0.6) is 0 Å². The maximum Gasteiger partial charge on any atom is 0.343 e. The summed E-state index contributed by atoms with van der Waals surface area (Å²) in [6.45, 7) is 3.70. The Balaban J connectivity index is 2.05. The van der Waals surface area contributed by atoms with E-state index < -0.39 is 35.6 Å². The molecule has 1 saturated carbocycles. The Labute approximate surface area is 171 Å². The average molecular weight is 411 g/mol. The van der Waals surface area contributed by atoms with Crippen LogP contribution < -0.4 is 16.2 Å². The zero-order valence-electron chi connectivity index (χ0n) is 17.4. The number of nitrogens with one attached hydrogen (secondary N) is 3. The van der Waals surface area contributed by atoms with Crippen molar-refractivity contribution in [2.75, 3.05) is 6.54 Å². The summed E-state index contributed by atoms with van der Waals surface area (Å²) < 4.78 is 0. The van der Waals surface area contributed by atoms with E-state index in [0.717, 1.165) is 12.8 Å². The van der Waals surface area contributed by atoms with E-state index in [2.05, 4.69) is 10.7 Å². The zero-order valence-corrected chi connectivity index (χ0v) is 17.4. The molecule has 1 aliphatic heterocycles. The first-order valence-corrected chi connectivity index (χ1v) is 10.7. The van der Waals surface area contributed by atoms with E-state index >= 15 is 0 Å². The molecule has 1 aliphatic carbocycles. The van der Waals surface area contributed by atoms with E-state index in [1.165, 1.54) is 32.1 Å². The maximum atomic E-state index is 12.9. The van der Waals surface area contributed by atoms with Gasteiger partial charge in [0, 0.05) is 0 Å². The molecule has 2 atom stereocenters. The van der Waals surface area contributed by atoms with Crippen LogP contribution in [-0.4, -0.2) is 40.5 Å². The van der Waals surface area contributed by atoms with Crippen LogP contribution in [-0.2, 0) is 14.4 Å². The predicted molar refractivity (Wildman–Crippen MR) is 105 cm³/mol. The van der Waals surface area contributed by atoms with Gasteiger partial charge in [0.1, 0.15) is 6.54 Å². The highest BCUT2D eigenvalue weighted by molar-refractivity contribution is 6.03. The highest BCUT2D eigenvalue weighted by Crippen LogP contribution is 2.31. The molecule has 4 N–H and O–H groups in total. The Kier molecular flexibility index (Phi) is 8.88. The lowest BCUT2D eigenvalue weighted by Gasteiger charge is -2.28. The average Bonchev–Trinajstić information content (AvgIpc) is 3.01. The van der Waals surface area contributed by atoms with Crippen LogP contribution in [0, 0.1) is 23.7 Å². The molecule has 2 fully saturated rings. The normalized spacial score (nSPS) is 19.8. The SMILES string of the molecule is CC(C)C[C@@H](C(=O)NN1C(=O)CNC1=O)[C@H](CCCC1CCCCC1)C(=O)NO. The minimum absolute atomic E-state index is 0.112. The molecule has 29 heavy (non-hydrogen) atoms. The monoisotopic (exact) mass is 410 g/mol. The van der Waals surface area contributed by atoms with Crippen molar-refractivity contribution in [3.63, 3.8) is 0 Å². The van der Waals surface area contributed by atoms with Crippen LogP contribution in [0.1, 0.15) is 71.6 Å². The summed E-state index contributed by atoms with van der Waals surface area (Å²) in [5.41, 5.74) is 4.05. The highest BCUT2D eigenvalue weighted by atomic mass is 16.5. The third-order valence-corrected chi connectivity index (χ3v) is 5.91. The Morgan fingerprint density at radius 1 is 1.14 bits per heavy atom. The molecule has 2 aliphatic rings. The second kappa shape index (κ2) is 11.1. The summed E-state index contributed by atoms with van der Waals surface area (Å²) in [7, 11) is 0. The van der Waals surface area contributed by atoms with Gasteiger partial charge in [0.2, 0.25) is 11.8 Å². The van der Waals surface area contributed by atoms with Crippen LogP contribution in [0.4, 0.5) is 4.79 Å². The summed E-state index contributed by atoms with van der Waals surface area (Å²) in [5.74, 6) is -2.43. The summed E-state index contributed by atoms with van der Waals surface area (Å²) in [6.07, 6.45) is 8.84. The molecule has 0 bridgehead atoms. The van der Waals surface area contributed by atoms with E-state index in [1.54, 1.807) is 5.48 Å². The van der Waals surface area contributed by atoms with Crippen molar-refractivity contribution in [1.29, 1.82) is 0 Å². The number of hydrogen-bond donors (Lipinski definition) is 4. The fraction of sp³-hybridized carbons (Fsp3) is 0.800. The van der Waals surface area contributed by atoms with Crippen molar-refractivity contribution >= 4 is 23.8 Å². The second-order valence-electron chi connectivity index (χ2n) is 8.62. The molecule has 0 unspecified atom stereocenters. The zero-order chi connectivity index (χ0) is 21.4. The minimum Gasteiger partial charge on any atom is -0.327 e. The van der Waals surface area contributed by atoms with Gasteiger partial charge in [-0.1, -0.05) is 58.8 Å². The smallest absolute Gasteiger partial charge is 0.327 e. The van der Waals surface area contributed by atoms with Crippen LogP contribution in [0.15, 0.2) is 0 Å². The van der Waals surface area contributed by atoms with Crippen LogP contribution in [0.3, 0.4) is 0 Å². The number of imide groups is 1. The molecule has 5 amide bonds. The number of hydroxylamine groups is 1. The van der Waals surface area contributed by atoms with Crippen molar-refractivity contribution in [1.82, 2.24) is 21.2 Å². The van der Waals surface area contributed by atoms with Crippen LogP contribution >= 0.6 is 0 Å².